The standard InChI is InChI=1S/C11H20O6S/c1-9(12)17-7-6-16-5-4-15-3-2-10(8-18)11(13)14/h10,18H,2-8H2,1H3,(H,13,14). The highest BCUT2D eigenvalue weighted by molar-refractivity contribution is 7.80. The van der Waals surface area contributed by atoms with Crippen molar-refractivity contribution in [1.82, 2.24) is 0 Å². The van der Waals surface area contributed by atoms with E-state index < -0.39 is 11.9 Å². The van der Waals surface area contributed by atoms with Gasteiger partial charge >= 0.3 is 11.9 Å². The maximum absolute atomic E-state index is 10.7. The molecule has 18 heavy (non-hydrogen) atoms. The van der Waals surface area contributed by atoms with Gasteiger partial charge in [0.05, 0.1) is 25.7 Å². The van der Waals surface area contributed by atoms with Gasteiger partial charge in [-0.3, -0.25) is 9.59 Å². The summed E-state index contributed by atoms with van der Waals surface area (Å²) in [5.74, 6) is -1.36. The van der Waals surface area contributed by atoms with Crippen molar-refractivity contribution in [2.75, 3.05) is 38.8 Å². The molecule has 0 radical (unpaired) electrons. The normalized spacial score (nSPS) is 12.1. The molecule has 1 unspecified atom stereocenters. The topological polar surface area (TPSA) is 82.1 Å². The van der Waals surface area contributed by atoms with Crippen LogP contribution in [0.4, 0.5) is 0 Å². The summed E-state index contributed by atoms with van der Waals surface area (Å²) in [5.41, 5.74) is 0. The largest absolute Gasteiger partial charge is 0.481 e. The molecule has 0 aromatic heterocycles. The Morgan fingerprint density at radius 1 is 1.11 bits per heavy atom. The number of aliphatic carboxylic acids is 1. The van der Waals surface area contributed by atoms with Crippen molar-refractivity contribution in [3.63, 3.8) is 0 Å². The summed E-state index contributed by atoms with van der Waals surface area (Å²) in [7, 11) is 0. The summed E-state index contributed by atoms with van der Waals surface area (Å²) in [4.78, 5) is 21.1. The minimum absolute atomic E-state index is 0.232. The van der Waals surface area contributed by atoms with E-state index in [9.17, 15) is 9.59 Å². The van der Waals surface area contributed by atoms with E-state index in [2.05, 4.69) is 17.4 Å². The number of rotatable bonds is 11. The third kappa shape index (κ3) is 10.4. The first-order chi connectivity index (χ1) is 8.57. The molecule has 0 spiro atoms. The molecule has 7 heteroatoms. The smallest absolute Gasteiger partial charge is 0.307 e. The number of hydrogen-bond acceptors (Lipinski definition) is 6. The maximum Gasteiger partial charge on any atom is 0.307 e. The van der Waals surface area contributed by atoms with Crippen molar-refractivity contribution in [2.24, 2.45) is 5.92 Å². The summed E-state index contributed by atoms with van der Waals surface area (Å²) >= 11 is 3.95. The van der Waals surface area contributed by atoms with E-state index in [-0.39, 0.29) is 12.6 Å². The second-order valence-electron chi connectivity index (χ2n) is 3.57. The fourth-order valence-corrected chi connectivity index (χ4v) is 1.42. The predicted molar refractivity (Wildman–Crippen MR) is 67.9 cm³/mol. The van der Waals surface area contributed by atoms with E-state index in [1.807, 2.05) is 0 Å². The minimum Gasteiger partial charge on any atom is -0.481 e. The SMILES string of the molecule is CC(=O)OCCOCCOCCC(CS)C(=O)O. The molecule has 0 amide bonds. The highest BCUT2D eigenvalue weighted by Gasteiger charge is 2.14. The zero-order valence-corrected chi connectivity index (χ0v) is 11.4. The lowest BCUT2D eigenvalue weighted by molar-refractivity contribution is -0.143. The van der Waals surface area contributed by atoms with E-state index in [1.165, 1.54) is 6.92 Å². The predicted octanol–water partition coefficient (Wildman–Crippen LogP) is 0.603. The third-order valence-electron chi connectivity index (χ3n) is 2.09. The Morgan fingerprint density at radius 2 is 1.67 bits per heavy atom. The number of carboxylic acids is 1. The van der Waals surface area contributed by atoms with Gasteiger partial charge in [0.2, 0.25) is 0 Å². The summed E-state index contributed by atoms with van der Waals surface area (Å²) in [6.07, 6.45) is 0.437. The molecule has 1 N–H and O–H groups in total. The van der Waals surface area contributed by atoms with Crippen LogP contribution in [-0.2, 0) is 23.8 Å². The zero-order valence-electron chi connectivity index (χ0n) is 10.5. The molecule has 6 nitrogen and oxygen atoms in total. The van der Waals surface area contributed by atoms with Gasteiger partial charge < -0.3 is 19.3 Å². The Balaban J connectivity index is 3.25. The molecule has 0 rings (SSSR count). The highest BCUT2D eigenvalue weighted by atomic mass is 32.1. The van der Waals surface area contributed by atoms with Gasteiger partial charge in [0.25, 0.3) is 0 Å². The molecule has 0 saturated heterocycles. The Bertz CT molecular complexity index is 246. The summed E-state index contributed by atoms with van der Waals surface area (Å²) in [5, 5.41) is 8.75. The van der Waals surface area contributed by atoms with Gasteiger partial charge in [-0.15, -0.1) is 0 Å². The molecule has 0 aromatic carbocycles. The zero-order chi connectivity index (χ0) is 13.8. The van der Waals surface area contributed by atoms with Gasteiger partial charge in [-0.25, -0.2) is 0 Å². The van der Waals surface area contributed by atoms with Crippen LogP contribution in [0.5, 0.6) is 0 Å². The quantitative estimate of drug-likeness (QED) is 0.328. The lowest BCUT2D eigenvalue weighted by atomic mass is 10.1. The summed E-state index contributed by atoms with van der Waals surface area (Å²) in [6.45, 7) is 3.04. The first-order valence-electron chi connectivity index (χ1n) is 5.70. The molecular weight excluding hydrogens is 260 g/mol. The lowest BCUT2D eigenvalue weighted by Gasteiger charge is -2.09. The molecule has 0 aromatic rings. The van der Waals surface area contributed by atoms with Gasteiger partial charge in [-0.1, -0.05) is 0 Å². The van der Waals surface area contributed by atoms with Gasteiger partial charge in [-0.2, -0.15) is 12.6 Å². The molecule has 0 heterocycles. The molecule has 106 valence electrons. The number of thiol groups is 1. The molecule has 0 bridgehead atoms. The van der Waals surface area contributed by atoms with Crippen molar-refractivity contribution in [1.29, 1.82) is 0 Å². The van der Waals surface area contributed by atoms with Crippen LogP contribution in [0.2, 0.25) is 0 Å². The Kier molecular flexibility index (Phi) is 10.8. The van der Waals surface area contributed by atoms with Crippen LogP contribution in [0, 0.1) is 5.92 Å². The Hall–Kier alpha value is -0.790. The van der Waals surface area contributed by atoms with Crippen molar-refractivity contribution in [3.05, 3.63) is 0 Å². The van der Waals surface area contributed by atoms with Crippen LogP contribution in [0.15, 0.2) is 0 Å². The first kappa shape index (κ1) is 17.2. The maximum atomic E-state index is 10.7. The molecule has 0 fully saturated rings. The number of esters is 1. The minimum atomic E-state index is -0.855. The number of hydrogen-bond donors (Lipinski definition) is 2. The molecule has 0 saturated carbocycles. The van der Waals surface area contributed by atoms with Crippen molar-refractivity contribution >= 4 is 24.6 Å². The lowest BCUT2D eigenvalue weighted by Crippen LogP contribution is -2.18. The van der Waals surface area contributed by atoms with Crippen LogP contribution in [0.25, 0.3) is 0 Å². The van der Waals surface area contributed by atoms with Crippen LogP contribution in [0.1, 0.15) is 13.3 Å². The van der Waals surface area contributed by atoms with E-state index in [4.69, 9.17) is 14.6 Å². The molecule has 0 aliphatic heterocycles. The van der Waals surface area contributed by atoms with E-state index in [0.717, 1.165) is 0 Å². The van der Waals surface area contributed by atoms with Gasteiger partial charge in [-0.05, 0) is 6.42 Å². The number of carbonyl (C=O) groups excluding carboxylic acids is 1. The fraction of sp³-hybridized carbons (Fsp3) is 0.818. The van der Waals surface area contributed by atoms with Crippen molar-refractivity contribution in [2.45, 2.75) is 13.3 Å². The molecule has 1 atom stereocenters. The third-order valence-corrected chi connectivity index (χ3v) is 2.53. The van der Waals surface area contributed by atoms with Crippen LogP contribution >= 0.6 is 12.6 Å². The number of carboxylic acid groups (broad SMARTS) is 1. The monoisotopic (exact) mass is 280 g/mol. The highest BCUT2D eigenvalue weighted by Crippen LogP contribution is 2.05. The Morgan fingerprint density at radius 3 is 2.17 bits per heavy atom. The van der Waals surface area contributed by atoms with Crippen molar-refractivity contribution < 1.29 is 28.9 Å². The number of ether oxygens (including phenoxy) is 3. The second kappa shape index (κ2) is 11.3. The van der Waals surface area contributed by atoms with E-state index in [1.54, 1.807) is 0 Å². The summed E-state index contributed by atoms with van der Waals surface area (Å²) in [6, 6.07) is 0. The van der Waals surface area contributed by atoms with Gasteiger partial charge in [0, 0.05) is 19.3 Å². The summed E-state index contributed by atoms with van der Waals surface area (Å²) < 4.78 is 15.0. The van der Waals surface area contributed by atoms with E-state index in [0.29, 0.717) is 38.6 Å². The molecule has 0 aliphatic carbocycles. The average Bonchev–Trinajstić information content (AvgIpc) is 2.31. The average molecular weight is 280 g/mol. The van der Waals surface area contributed by atoms with Crippen LogP contribution in [-0.4, -0.2) is 55.8 Å². The van der Waals surface area contributed by atoms with E-state index >= 15 is 0 Å². The van der Waals surface area contributed by atoms with Gasteiger partial charge in [0.1, 0.15) is 6.61 Å². The first-order valence-corrected chi connectivity index (χ1v) is 6.33. The number of carbonyl (C=O) groups is 2. The fourth-order valence-electron chi connectivity index (χ4n) is 1.08. The van der Waals surface area contributed by atoms with Crippen LogP contribution in [0.3, 0.4) is 0 Å². The van der Waals surface area contributed by atoms with Crippen molar-refractivity contribution in [3.8, 4) is 0 Å². The second-order valence-corrected chi connectivity index (χ2v) is 3.94. The Labute approximate surface area is 112 Å². The molecule has 0 aliphatic rings. The molecular formula is C11H20O6S. The van der Waals surface area contributed by atoms with Crippen LogP contribution < -0.4 is 0 Å². The van der Waals surface area contributed by atoms with Gasteiger partial charge in [0.15, 0.2) is 0 Å².